The lowest BCUT2D eigenvalue weighted by molar-refractivity contribution is 0.583. The number of hydrogen-bond donors (Lipinski definition) is 1. The first-order valence-corrected chi connectivity index (χ1v) is 7.60. The molecular weight excluding hydrogens is 321 g/mol. The van der Waals surface area contributed by atoms with Crippen molar-refractivity contribution in [1.29, 1.82) is 0 Å². The van der Waals surface area contributed by atoms with E-state index in [1.807, 2.05) is 4.68 Å². The molecule has 0 aliphatic heterocycles. The van der Waals surface area contributed by atoms with Crippen LogP contribution in [0.4, 0.5) is 4.39 Å². The van der Waals surface area contributed by atoms with Crippen LogP contribution in [0.3, 0.4) is 0 Å². The minimum Gasteiger partial charge on any atom is -0.324 e. The van der Waals surface area contributed by atoms with Gasteiger partial charge in [0, 0.05) is 24.7 Å². The highest BCUT2D eigenvalue weighted by molar-refractivity contribution is 9.10. The van der Waals surface area contributed by atoms with Gasteiger partial charge in [-0.25, -0.2) is 4.39 Å². The van der Waals surface area contributed by atoms with Gasteiger partial charge in [0.1, 0.15) is 5.82 Å². The van der Waals surface area contributed by atoms with E-state index in [0.29, 0.717) is 10.9 Å². The zero-order valence-corrected chi connectivity index (χ0v) is 13.3. The van der Waals surface area contributed by atoms with E-state index in [-0.39, 0.29) is 11.9 Å². The lowest BCUT2D eigenvalue weighted by atomic mass is 10.0. The lowest BCUT2D eigenvalue weighted by Gasteiger charge is -2.13. The molecule has 0 aliphatic carbocycles. The smallest absolute Gasteiger partial charge is 0.137 e. The maximum absolute atomic E-state index is 13.3. The van der Waals surface area contributed by atoms with Gasteiger partial charge < -0.3 is 5.73 Å². The second kappa shape index (κ2) is 6.50. The second-order valence-corrected chi connectivity index (χ2v) is 5.63. The Bertz CT molecular complexity index is 595. The van der Waals surface area contributed by atoms with Crippen molar-refractivity contribution in [3.8, 4) is 0 Å². The van der Waals surface area contributed by atoms with Crippen LogP contribution in [0.25, 0.3) is 0 Å². The van der Waals surface area contributed by atoms with Crippen LogP contribution in [0.15, 0.2) is 28.7 Å². The highest BCUT2D eigenvalue weighted by Gasteiger charge is 2.13. The van der Waals surface area contributed by atoms with Gasteiger partial charge in [-0.05, 0) is 53.0 Å². The molecule has 3 nitrogen and oxygen atoms in total. The summed E-state index contributed by atoms with van der Waals surface area (Å²) in [6, 6.07) is 6.85. The van der Waals surface area contributed by atoms with Gasteiger partial charge in [-0.3, -0.25) is 4.68 Å². The molecular formula is C15H19BrFN3. The van der Waals surface area contributed by atoms with Gasteiger partial charge in [-0.2, -0.15) is 5.10 Å². The first-order valence-electron chi connectivity index (χ1n) is 6.81. The number of halogens is 2. The molecule has 0 bridgehead atoms. The highest BCUT2D eigenvalue weighted by Crippen LogP contribution is 2.23. The molecule has 1 aromatic heterocycles. The predicted molar refractivity (Wildman–Crippen MR) is 82.0 cm³/mol. The maximum atomic E-state index is 13.3. The molecule has 0 fully saturated rings. The number of nitrogens with zero attached hydrogens (tertiary/aromatic N) is 2. The van der Waals surface area contributed by atoms with E-state index >= 15 is 0 Å². The van der Waals surface area contributed by atoms with Gasteiger partial charge in [0.2, 0.25) is 0 Å². The Balaban J connectivity index is 2.20. The monoisotopic (exact) mass is 339 g/mol. The summed E-state index contributed by atoms with van der Waals surface area (Å²) in [6.07, 6.45) is 1.61. The van der Waals surface area contributed by atoms with Crippen molar-refractivity contribution in [3.63, 3.8) is 0 Å². The highest BCUT2D eigenvalue weighted by atomic mass is 79.9. The molecule has 0 amide bonds. The van der Waals surface area contributed by atoms with Crippen LogP contribution in [0.2, 0.25) is 0 Å². The third-order valence-electron chi connectivity index (χ3n) is 3.38. The van der Waals surface area contributed by atoms with Gasteiger partial charge in [-0.15, -0.1) is 0 Å². The molecule has 0 saturated carbocycles. The van der Waals surface area contributed by atoms with Crippen molar-refractivity contribution in [2.24, 2.45) is 5.73 Å². The molecule has 108 valence electrons. The Morgan fingerprint density at radius 1 is 1.35 bits per heavy atom. The van der Waals surface area contributed by atoms with Gasteiger partial charge in [-0.1, -0.05) is 13.0 Å². The maximum Gasteiger partial charge on any atom is 0.137 e. The zero-order valence-electron chi connectivity index (χ0n) is 11.7. The third kappa shape index (κ3) is 3.27. The molecule has 1 unspecified atom stereocenters. The fraction of sp³-hybridized carbons (Fsp3) is 0.400. The minimum atomic E-state index is -0.271. The average Bonchev–Trinajstić information content (AvgIpc) is 2.84. The standard InChI is InChI=1S/C15H19BrFN3/c1-3-11-8-12(20(4-2)19-11)9-15(18)10-5-6-14(17)13(16)7-10/h5-8,15H,3-4,9,18H2,1-2H3. The van der Waals surface area contributed by atoms with Crippen molar-refractivity contribution in [2.45, 2.75) is 39.3 Å². The molecule has 0 aliphatic rings. The second-order valence-electron chi connectivity index (χ2n) is 4.78. The summed E-state index contributed by atoms with van der Waals surface area (Å²) >= 11 is 3.20. The van der Waals surface area contributed by atoms with E-state index in [1.54, 1.807) is 12.1 Å². The van der Waals surface area contributed by atoms with Crippen LogP contribution >= 0.6 is 15.9 Å². The minimum absolute atomic E-state index is 0.168. The van der Waals surface area contributed by atoms with E-state index in [9.17, 15) is 4.39 Å². The molecule has 5 heteroatoms. The summed E-state index contributed by atoms with van der Waals surface area (Å²) in [4.78, 5) is 0. The van der Waals surface area contributed by atoms with E-state index in [2.05, 4.69) is 40.9 Å². The normalized spacial score (nSPS) is 12.7. The SMILES string of the molecule is CCc1cc(CC(N)c2ccc(F)c(Br)c2)n(CC)n1. The molecule has 2 N–H and O–H groups in total. The van der Waals surface area contributed by atoms with Gasteiger partial charge in [0.05, 0.1) is 10.2 Å². The molecule has 1 heterocycles. The average molecular weight is 340 g/mol. The van der Waals surface area contributed by atoms with E-state index in [4.69, 9.17) is 5.73 Å². The van der Waals surface area contributed by atoms with Crippen molar-refractivity contribution >= 4 is 15.9 Å². The Morgan fingerprint density at radius 3 is 2.70 bits per heavy atom. The number of aromatic nitrogens is 2. The lowest BCUT2D eigenvalue weighted by Crippen LogP contribution is -2.16. The van der Waals surface area contributed by atoms with Crippen molar-refractivity contribution in [2.75, 3.05) is 0 Å². The number of nitrogens with two attached hydrogens (primary N) is 1. The Morgan fingerprint density at radius 2 is 2.10 bits per heavy atom. The molecule has 1 atom stereocenters. The Hall–Kier alpha value is -1.20. The summed E-state index contributed by atoms with van der Waals surface area (Å²) in [6.45, 7) is 4.98. The van der Waals surface area contributed by atoms with Gasteiger partial charge >= 0.3 is 0 Å². The van der Waals surface area contributed by atoms with Crippen LogP contribution < -0.4 is 5.73 Å². The molecule has 0 saturated heterocycles. The Kier molecular flexibility index (Phi) is 4.94. The largest absolute Gasteiger partial charge is 0.324 e. The van der Waals surface area contributed by atoms with Crippen LogP contribution in [0, 0.1) is 5.82 Å². The molecule has 20 heavy (non-hydrogen) atoms. The van der Waals surface area contributed by atoms with Crippen LogP contribution in [-0.2, 0) is 19.4 Å². The number of hydrogen-bond acceptors (Lipinski definition) is 2. The van der Waals surface area contributed by atoms with Crippen LogP contribution in [-0.4, -0.2) is 9.78 Å². The van der Waals surface area contributed by atoms with Crippen molar-refractivity contribution < 1.29 is 4.39 Å². The summed E-state index contributed by atoms with van der Waals surface area (Å²) in [5.41, 5.74) is 9.35. The molecule has 0 radical (unpaired) electrons. The Labute approximate surface area is 127 Å². The molecule has 2 aromatic rings. The fourth-order valence-electron chi connectivity index (χ4n) is 2.21. The summed E-state index contributed by atoms with van der Waals surface area (Å²) in [5, 5.41) is 4.52. The quantitative estimate of drug-likeness (QED) is 0.904. The number of benzene rings is 1. The topological polar surface area (TPSA) is 43.8 Å². The van der Waals surface area contributed by atoms with E-state index in [0.717, 1.165) is 29.9 Å². The molecule has 2 rings (SSSR count). The number of rotatable bonds is 5. The van der Waals surface area contributed by atoms with Crippen LogP contribution in [0.5, 0.6) is 0 Å². The summed E-state index contributed by atoms with van der Waals surface area (Å²) in [5.74, 6) is -0.271. The van der Waals surface area contributed by atoms with Gasteiger partial charge in [0.25, 0.3) is 0 Å². The zero-order chi connectivity index (χ0) is 14.7. The third-order valence-corrected chi connectivity index (χ3v) is 3.98. The fourth-order valence-corrected chi connectivity index (χ4v) is 2.61. The first-order chi connectivity index (χ1) is 9.55. The van der Waals surface area contributed by atoms with Gasteiger partial charge in [0.15, 0.2) is 0 Å². The predicted octanol–water partition coefficient (Wildman–Crippen LogP) is 3.61. The van der Waals surface area contributed by atoms with Crippen molar-refractivity contribution in [3.05, 3.63) is 51.5 Å². The molecule has 0 spiro atoms. The molecule has 1 aromatic carbocycles. The van der Waals surface area contributed by atoms with E-state index in [1.165, 1.54) is 6.07 Å². The summed E-state index contributed by atoms with van der Waals surface area (Å²) in [7, 11) is 0. The number of aryl methyl sites for hydroxylation is 2. The van der Waals surface area contributed by atoms with Crippen molar-refractivity contribution in [1.82, 2.24) is 9.78 Å². The summed E-state index contributed by atoms with van der Waals surface area (Å²) < 4.78 is 15.7. The first kappa shape index (κ1) is 15.2. The van der Waals surface area contributed by atoms with E-state index < -0.39 is 0 Å². The van der Waals surface area contributed by atoms with Crippen LogP contribution in [0.1, 0.15) is 36.8 Å².